The van der Waals surface area contributed by atoms with E-state index in [0.29, 0.717) is 11.1 Å². The maximum absolute atomic E-state index is 13.1. The third-order valence-electron chi connectivity index (χ3n) is 5.67. The second-order valence-corrected chi connectivity index (χ2v) is 12.2. The number of rotatable bonds is 10. The topological polar surface area (TPSA) is 129 Å². The van der Waals surface area contributed by atoms with Gasteiger partial charge in [-0.3, -0.25) is 10.6 Å². The van der Waals surface area contributed by atoms with Gasteiger partial charge in [0.25, 0.3) is 0 Å². The van der Waals surface area contributed by atoms with Gasteiger partial charge in [-0.05, 0) is 82.0 Å². The Kier molecular flexibility index (Phi) is 12.3. The van der Waals surface area contributed by atoms with Gasteiger partial charge in [0.15, 0.2) is 0 Å². The molecule has 2 amide bonds. The van der Waals surface area contributed by atoms with Crippen molar-refractivity contribution in [1.29, 1.82) is 0 Å². The molecular formula is C36H40N2O8. The Bertz CT molecular complexity index is 1450. The lowest BCUT2D eigenvalue weighted by atomic mass is 10.1. The SMILES string of the molecule is CC(C)(C)OC(=O)N/C(=C\c1cccc(/C=C(\NC(=O)OC(C)(C)C)C(=O)OCc2ccccc2)c1)C(=O)OCc1ccccc1. The standard InChI is InChI=1S/C36H40N2O8/c1-35(2,3)45-33(41)37-29(31(39)43-23-25-14-9-7-10-15-25)21-27-18-13-19-28(20-27)22-30(38-34(42)46-36(4,5)6)32(40)44-24-26-16-11-8-12-17-26/h7-22H,23-24H2,1-6H3,(H,37,41)(H,38,42)/b29-21-,30-22-. The van der Waals surface area contributed by atoms with Crippen LogP contribution in [0.2, 0.25) is 0 Å². The average molecular weight is 629 g/mol. The zero-order valence-electron chi connectivity index (χ0n) is 26.9. The van der Waals surface area contributed by atoms with Crippen molar-refractivity contribution in [2.45, 2.75) is 66.0 Å². The summed E-state index contributed by atoms with van der Waals surface area (Å²) in [5, 5.41) is 4.96. The first-order valence-corrected chi connectivity index (χ1v) is 14.6. The van der Waals surface area contributed by atoms with Crippen molar-refractivity contribution >= 4 is 36.3 Å². The molecule has 242 valence electrons. The maximum atomic E-state index is 13.1. The van der Waals surface area contributed by atoms with Crippen molar-refractivity contribution in [2.24, 2.45) is 0 Å². The number of hydrogen-bond donors (Lipinski definition) is 2. The number of alkyl carbamates (subject to hydrolysis) is 2. The van der Waals surface area contributed by atoms with E-state index >= 15 is 0 Å². The van der Waals surface area contributed by atoms with E-state index in [-0.39, 0.29) is 24.6 Å². The molecule has 0 saturated heterocycles. The van der Waals surface area contributed by atoms with E-state index in [1.165, 1.54) is 12.2 Å². The van der Waals surface area contributed by atoms with E-state index in [2.05, 4.69) is 10.6 Å². The van der Waals surface area contributed by atoms with Gasteiger partial charge in [-0.15, -0.1) is 0 Å². The number of esters is 2. The highest BCUT2D eigenvalue weighted by Gasteiger charge is 2.22. The predicted molar refractivity (Wildman–Crippen MR) is 174 cm³/mol. The summed E-state index contributed by atoms with van der Waals surface area (Å²) in [6.45, 7) is 10.2. The van der Waals surface area contributed by atoms with E-state index in [0.717, 1.165) is 11.1 Å². The summed E-state index contributed by atoms with van der Waals surface area (Å²) in [4.78, 5) is 51.4. The fourth-order valence-corrected chi connectivity index (χ4v) is 3.79. The van der Waals surface area contributed by atoms with Crippen molar-refractivity contribution in [1.82, 2.24) is 10.6 Å². The molecule has 0 bridgehead atoms. The summed E-state index contributed by atoms with van der Waals surface area (Å²) in [7, 11) is 0. The molecule has 3 aromatic rings. The molecule has 0 aliphatic carbocycles. The summed E-state index contributed by atoms with van der Waals surface area (Å²) in [6.07, 6.45) is 1.17. The molecule has 0 saturated carbocycles. The number of carbonyl (C=O) groups excluding carboxylic acids is 4. The minimum atomic E-state index is -0.837. The van der Waals surface area contributed by atoms with Gasteiger partial charge in [0.2, 0.25) is 0 Å². The van der Waals surface area contributed by atoms with E-state index in [1.807, 2.05) is 60.7 Å². The Balaban J connectivity index is 1.91. The molecule has 3 rings (SSSR count). The van der Waals surface area contributed by atoms with E-state index in [1.54, 1.807) is 65.8 Å². The normalized spacial score (nSPS) is 12.0. The first kappa shape index (κ1) is 35.1. The summed E-state index contributed by atoms with van der Waals surface area (Å²) in [6, 6.07) is 24.9. The first-order chi connectivity index (χ1) is 21.7. The molecular weight excluding hydrogens is 588 g/mol. The number of benzene rings is 3. The predicted octanol–water partition coefficient (Wildman–Crippen LogP) is 6.90. The second kappa shape index (κ2) is 16.1. The van der Waals surface area contributed by atoms with Crippen LogP contribution in [0.5, 0.6) is 0 Å². The molecule has 2 N–H and O–H groups in total. The van der Waals surface area contributed by atoms with Crippen LogP contribution in [0.15, 0.2) is 96.3 Å². The molecule has 0 aromatic heterocycles. The molecule has 3 aromatic carbocycles. The van der Waals surface area contributed by atoms with Gasteiger partial charge >= 0.3 is 24.1 Å². The van der Waals surface area contributed by atoms with Crippen LogP contribution < -0.4 is 10.6 Å². The quantitative estimate of drug-likeness (QED) is 0.141. The van der Waals surface area contributed by atoms with Gasteiger partial charge < -0.3 is 18.9 Å². The fraction of sp³-hybridized carbons (Fsp3) is 0.278. The lowest BCUT2D eigenvalue weighted by Gasteiger charge is -2.20. The lowest BCUT2D eigenvalue weighted by Crippen LogP contribution is -2.34. The molecule has 0 atom stereocenters. The van der Waals surface area contributed by atoms with Crippen molar-refractivity contribution in [3.05, 3.63) is 119 Å². The smallest absolute Gasteiger partial charge is 0.412 e. The van der Waals surface area contributed by atoms with Gasteiger partial charge in [-0.2, -0.15) is 0 Å². The van der Waals surface area contributed by atoms with Gasteiger partial charge in [0.05, 0.1) is 0 Å². The van der Waals surface area contributed by atoms with Crippen LogP contribution in [0.25, 0.3) is 12.2 Å². The molecule has 0 radical (unpaired) electrons. The minimum Gasteiger partial charge on any atom is -0.456 e. The number of hydrogen-bond acceptors (Lipinski definition) is 8. The summed E-state index contributed by atoms with van der Waals surface area (Å²) in [5.41, 5.74) is 0.548. The Morgan fingerprint density at radius 3 is 1.28 bits per heavy atom. The van der Waals surface area contributed by atoms with E-state index in [9.17, 15) is 19.2 Å². The maximum Gasteiger partial charge on any atom is 0.412 e. The van der Waals surface area contributed by atoms with Crippen molar-refractivity contribution in [2.75, 3.05) is 0 Å². The summed E-state index contributed by atoms with van der Waals surface area (Å²) < 4.78 is 21.6. The molecule has 46 heavy (non-hydrogen) atoms. The number of nitrogens with one attached hydrogen (secondary N) is 2. The number of carbonyl (C=O) groups is 4. The summed E-state index contributed by atoms with van der Waals surface area (Å²) in [5.74, 6) is -1.57. The van der Waals surface area contributed by atoms with Gasteiger partial charge in [0.1, 0.15) is 35.8 Å². The Labute approximate surface area is 269 Å². The van der Waals surface area contributed by atoms with Crippen molar-refractivity contribution < 1.29 is 38.1 Å². The third-order valence-corrected chi connectivity index (χ3v) is 5.67. The van der Waals surface area contributed by atoms with E-state index < -0.39 is 35.3 Å². The third kappa shape index (κ3) is 13.1. The molecule has 10 nitrogen and oxygen atoms in total. The number of amides is 2. The van der Waals surface area contributed by atoms with Crippen LogP contribution in [0.3, 0.4) is 0 Å². The Morgan fingerprint density at radius 1 is 0.565 bits per heavy atom. The minimum absolute atomic E-state index is 0.0133. The fourth-order valence-electron chi connectivity index (χ4n) is 3.79. The highest BCUT2D eigenvalue weighted by molar-refractivity contribution is 5.98. The highest BCUT2D eigenvalue weighted by atomic mass is 16.6. The van der Waals surface area contributed by atoms with Crippen LogP contribution in [-0.4, -0.2) is 35.3 Å². The van der Waals surface area contributed by atoms with Crippen LogP contribution in [0, 0.1) is 0 Å². The molecule has 0 fully saturated rings. The van der Waals surface area contributed by atoms with Crippen molar-refractivity contribution in [3.63, 3.8) is 0 Å². The average Bonchev–Trinajstić information content (AvgIpc) is 2.97. The lowest BCUT2D eigenvalue weighted by molar-refractivity contribution is -0.141. The van der Waals surface area contributed by atoms with Crippen LogP contribution in [0.4, 0.5) is 9.59 Å². The molecule has 0 spiro atoms. The Morgan fingerprint density at radius 2 is 0.935 bits per heavy atom. The largest absolute Gasteiger partial charge is 0.456 e. The number of ether oxygens (including phenoxy) is 4. The molecule has 0 aliphatic heterocycles. The second-order valence-electron chi connectivity index (χ2n) is 12.2. The van der Waals surface area contributed by atoms with Crippen molar-refractivity contribution in [3.8, 4) is 0 Å². The monoisotopic (exact) mass is 628 g/mol. The van der Waals surface area contributed by atoms with Crippen LogP contribution in [-0.2, 0) is 41.8 Å². The van der Waals surface area contributed by atoms with E-state index in [4.69, 9.17) is 18.9 Å². The molecule has 0 aliphatic rings. The zero-order chi connectivity index (χ0) is 33.7. The van der Waals surface area contributed by atoms with Crippen LogP contribution in [0.1, 0.15) is 63.8 Å². The zero-order valence-corrected chi connectivity index (χ0v) is 26.9. The van der Waals surface area contributed by atoms with Gasteiger partial charge in [-0.1, -0.05) is 78.9 Å². The Hall–Kier alpha value is -5.38. The molecule has 0 heterocycles. The van der Waals surface area contributed by atoms with Gasteiger partial charge in [-0.25, -0.2) is 19.2 Å². The first-order valence-electron chi connectivity index (χ1n) is 14.6. The van der Waals surface area contributed by atoms with Crippen LogP contribution >= 0.6 is 0 Å². The highest BCUT2D eigenvalue weighted by Crippen LogP contribution is 2.16. The summed E-state index contributed by atoms with van der Waals surface area (Å²) >= 11 is 0. The molecule has 0 unspecified atom stereocenters. The van der Waals surface area contributed by atoms with Gasteiger partial charge in [0, 0.05) is 0 Å². The molecule has 10 heteroatoms.